The third-order valence-electron chi connectivity index (χ3n) is 4.48. The summed E-state index contributed by atoms with van der Waals surface area (Å²) in [5.74, 6) is 0.113. The maximum Gasteiger partial charge on any atom is 0.253 e. The molecule has 1 aliphatic rings. The van der Waals surface area contributed by atoms with Gasteiger partial charge in [-0.15, -0.1) is 12.4 Å². The van der Waals surface area contributed by atoms with Gasteiger partial charge < -0.3 is 21.4 Å². The van der Waals surface area contributed by atoms with E-state index in [-0.39, 0.29) is 24.3 Å². The first-order valence-corrected chi connectivity index (χ1v) is 8.01. The Morgan fingerprint density at radius 3 is 2.73 bits per heavy atom. The predicted octanol–water partition coefficient (Wildman–Crippen LogP) is 2.02. The molecule has 0 saturated heterocycles. The molecule has 0 unspecified atom stereocenters. The number of aromatic nitrogens is 3. The van der Waals surface area contributed by atoms with E-state index in [0.29, 0.717) is 23.5 Å². The zero-order valence-electron chi connectivity index (χ0n) is 14.2. The van der Waals surface area contributed by atoms with Gasteiger partial charge in [0.15, 0.2) is 0 Å². The highest BCUT2D eigenvalue weighted by molar-refractivity contribution is 6.07. The Kier molecular flexibility index (Phi) is 4.56. The third-order valence-corrected chi connectivity index (χ3v) is 4.48. The van der Waals surface area contributed by atoms with Crippen molar-refractivity contribution in [3.05, 3.63) is 47.8 Å². The van der Waals surface area contributed by atoms with Gasteiger partial charge in [-0.1, -0.05) is 12.1 Å². The summed E-state index contributed by atoms with van der Waals surface area (Å²) in [6, 6.07) is 9.31. The van der Waals surface area contributed by atoms with Gasteiger partial charge in [0.25, 0.3) is 5.91 Å². The minimum Gasteiger partial charge on any atom is -0.399 e. The van der Waals surface area contributed by atoms with Crippen molar-refractivity contribution in [1.29, 1.82) is 0 Å². The Hall–Kier alpha value is -3.06. The maximum atomic E-state index is 12.6. The lowest BCUT2D eigenvalue weighted by Crippen LogP contribution is -2.32. The minimum absolute atomic E-state index is 0. The molecule has 8 heteroatoms. The number of hydrogen-bond donors (Lipinski definition) is 3. The molecular weight excluding hydrogens is 352 g/mol. The van der Waals surface area contributed by atoms with E-state index in [4.69, 9.17) is 11.5 Å². The van der Waals surface area contributed by atoms with Crippen molar-refractivity contribution in [2.75, 3.05) is 18.0 Å². The van der Waals surface area contributed by atoms with Gasteiger partial charge in [-0.2, -0.15) is 0 Å². The predicted molar refractivity (Wildman–Crippen MR) is 104 cm³/mol. The fraction of sp³-hybridized carbons (Fsp3) is 0.167. The van der Waals surface area contributed by atoms with Crippen LogP contribution in [-0.4, -0.2) is 27.0 Å². The topological polar surface area (TPSA) is 112 Å². The number of nitrogens with two attached hydrogens (primary N) is 2. The number of amides is 1. The summed E-state index contributed by atoms with van der Waals surface area (Å²) in [7, 11) is 1.95. The minimum atomic E-state index is -0.0810. The number of carbonyl (C=O) groups excluding carboxylic acids is 1. The number of carbonyl (C=O) groups is 1. The standard InChI is InChI=1S/C18H18N6O.ClH/c1-24-13-6-8-21-17(25)15(13)14(10-3-2-4-11(19)9-10)16(24)12-5-7-22-18(20)23-12;/h2-5,7,9H,6,8,19H2,1H3,(H,21,25)(H2,20,22,23);1H. The van der Waals surface area contributed by atoms with Crippen molar-refractivity contribution in [3.63, 3.8) is 0 Å². The Balaban J connectivity index is 0.00000196. The van der Waals surface area contributed by atoms with Gasteiger partial charge in [-0.3, -0.25) is 4.79 Å². The number of benzene rings is 1. The summed E-state index contributed by atoms with van der Waals surface area (Å²) >= 11 is 0. The summed E-state index contributed by atoms with van der Waals surface area (Å²) < 4.78 is 2.02. The van der Waals surface area contributed by atoms with Crippen molar-refractivity contribution in [2.45, 2.75) is 6.42 Å². The van der Waals surface area contributed by atoms with Crippen LogP contribution in [0.15, 0.2) is 36.5 Å². The second-order valence-electron chi connectivity index (χ2n) is 6.04. The van der Waals surface area contributed by atoms with Crippen molar-refractivity contribution < 1.29 is 4.79 Å². The third kappa shape index (κ3) is 2.76. The lowest BCUT2D eigenvalue weighted by Gasteiger charge is -2.15. The SMILES string of the molecule is Cl.Cn1c2c(c(-c3cccc(N)c3)c1-c1ccnc(N)n1)C(=O)NCC2. The summed E-state index contributed by atoms with van der Waals surface area (Å²) in [6.07, 6.45) is 2.38. The van der Waals surface area contributed by atoms with Gasteiger partial charge in [-0.25, -0.2) is 9.97 Å². The largest absolute Gasteiger partial charge is 0.399 e. The van der Waals surface area contributed by atoms with Crippen LogP contribution in [-0.2, 0) is 13.5 Å². The summed E-state index contributed by atoms with van der Waals surface area (Å²) in [5.41, 5.74) is 17.2. The molecule has 4 rings (SSSR count). The number of halogens is 1. The molecule has 3 heterocycles. The van der Waals surface area contributed by atoms with Gasteiger partial charge in [0, 0.05) is 43.2 Å². The van der Waals surface area contributed by atoms with E-state index >= 15 is 0 Å². The average Bonchev–Trinajstić information content (AvgIpc) is 2.89. The second-order valence-corrected chi connectivity index (χ2v) is 6.04. The van der Waals surface area contributed by atoms with Crippen molar-refractivity contribution in [1.82, 2.24) is 19.9 Å². The van der Waals surface area contributed by atoms with Crippen LogP contribution in [0.2, 0.25) is 0 Å². The lowest BCUT2D eigenvalue weighted by atomic mass is 9.96. The zero-order chi connectivity index (χ0) is 17.6. The molecule has 1 aromatic carbocycles. The molecule has 0 atom stereocenters. The molecule has 26 heavy (non-hydrogen) atoms. The van der Waals surface area contributed by atoms with Gasteiger partial charge in [0.2, 0.25) is 5.95 Å². The fourth-order valence-electron chi connectivity index (χ4n) is 3.43. The Bertz CT molecular complexity index is 997. The highest BCUT2D eigenvalue weighted by atomic mass is 35.5. The van der Waals surface area contributed by atoms with Gasteiger partial charge in [-0.05, 0) is 23.8 Å². The molecule has 3 aromatic rings. The van der Waals surface area contributed by atoms with Crippen LogP contribution < -0.4 is 16.8 Å². The van der Waals surface area contributed by atoms with Crippen LogP contribution >= 0.6 is 12.4 Å². The van der Waals surface area contributed by atoms with Crippen LogP contribution in [0, 0.1) is 0 Å². The smallest absolute Gasteiger partial charge is 0.253 e. The lowest BCUT2D eigenvalue weighted by molar-refractivity contribution is 0.0946. The fourth-order valence-corrected chi connectivity index (χ4v) is 3.43. The molecule has 5 N–H and O–H groups in total. The normalized spacial score (nSPS) is 12.9. The summed E-state index contributed by atoms with van der Waals surface area (Å²) in [4.78, 5) is 20.9. The van der Waals surface area contributed by atoms with E-state index in [1.165, 1.54) is 0 Å². The van der Waals surface area contributed by atoms with Crippen LogP contribution in [0.3, 0.4) is 0 Å². The van der Waals surface area contributed by atoms with E-state index in [0.717, 1.165) is 28.9 Å². The number of hydrogen-bond acceptors (Lipinski definition) is 5. The van der Waals surface area contributed by atoms with E-state index in [1.54, 1.807) is 12.3 Å². The number of fused-ring (bicyclic) bond motifs is 1. The van der Waals surface area contributed by atoms with Gasteiger partial charge in [0.1, 0.15) is 0 Å². The number of nitrogens with zero attached hydrogens (tertiary/aromatic N) is 3. The molecule has 0 bridgehead atoms. The molecule has 2 aromatic heterocycles. The Labute approximate surface area is 156 Å². The van der Waals surface area contributed by atoms with Crippen LogP contribution in [0.25, 0.3) is 22.5 Å². The van der Waals surface area contributed by atoms with E-state index in [1.807, 2.05) is 35.9 Å². The molecule has 0 aliphatic carbocycles. The zero-order valence-corrected chi connectivity index (χ0v) is 15.0. The quantitative estimate of drug-likeness (QED) is 0.597. The number of anilines is 2. The first kappa shape index (κ1) is 17.8. The molecule has 0 saturated carbocycles. The van der Waals surface area contributed by atoms with Crippen LogP contribution in [0.4, 0.5) is 11.6 Å². The van der Waals surface area contributed by atoms with Crippen LogP contribution in [0.1, 0.15) is 16.1 Å². The van der Waals surface area contributed by atoms with Crippen LogP contribution in [0.5, 0.6) is 0 Å². The van der Waals surface area contributed by atoms with E-state index in [2.05, 4.69) is 15.3 Å². The average molecular weight is 371 g/mol. The Morgan fingerprint density at radius 1 is 1.19 bits per heavy atom. The highest BCUT2D eigenvalue weighted by Crippen LogP contribution is 2.39. The van der Waals surface area contributed by atoms with Gasteiger partial charge >= 0.3 is 0 Å². The molecule has 134 valence electrons. The van der Waals surface area contributed by atoms with Crippen molar-refractivity contribution in [3.8, 4) is 22.5 Å². The number of nitrogen functional groups attached to an aromatic ring is 2. The molecule has 0 radical (unpaired) electrons. The monoisotopic (exact) mass is 370 g/mol. The number of rotatable bonds is 2. The van der Waals surface area contributed by atoms with E-state index in [9.17, 15) is 4.79 Å². The van der Waals surface area contributed by atoms with E-state index < -0.39 is 0 Å². The highest BCUT2D eigenvalue weighted by Gasteiger charge is 2.30. The van der Waals surface area contributed by atoms with Crippen molar-refractivity contribution in [2.24, 2.45) is 7.05 Å². The first-order chi connectivity index (χ1) is 12.1. The Morgan fingerprint density at radius 2 is 2.00 bits per heavy atom. The molecular formula is C18H19ClN6O. The molecule has 0 spiro atoms. The molecule has 1 aliphatic heterocycles. The summed E-state index contributed by atoms with van der Waals surface area (Å²) in [6.45, 7) is 0.616. The molecule has 0 fully saturated rings. The second kappa shape index (κ2) is 6.68. The number of nitrogens with one attached hydrogen (secondary N) is 1. The molecule has 1 amide bonds. The first-order valence-electron chi connectivity index (χ1n) is 8.01. The van der Waals surface area contributed by atoms with Gasteiger partial charge in [0.05, 0.1) is 17.0 Å². The maximum absolute atomic E-state index is 12.6. The van der Waals surface area contributed by atoms with Crippen molar-refractivity contribution >= 4 is 29.9 Å². The molecule has 7 nitrogen and oxygen atoms in total. The summed E-state index contributed by atoms with van der Waals surface area (Å²) in [5, 5.41) is 2.93.